The lowest BCUT2D eigenvalue weighted by Gasteiger charge is -2.46. The minimum absolute atomic E-state index is 0.576. The maximum atomic E-state index is 7.06. The molecule has 0 unspecified atom stereocenters. The van der Waals surface area contributed by atoms with Crippen LogP contribution in [0.5, 0.6) is 11.5 Å². The Morgan fingerprint density at radius 3 is 1.50 bits per heavy atom. The first-order valence-electron chi connectivity index (χ1n) is 20.0. The molecule has 0 aromatic heterocycles. The SMILES string of the molecule is c1ccc(N2c3ccccc3C3(c4ccccc4-c4ccccc43)c3cc4c(cc32)N(c2ccc3c5ccccc5c5ccccc5c3c2)c2ccccc2O4)cc1. The largest absolute Gasteiger partial charge is 0.453 e. The molecule has 58 heavy (non-hydrogen) atoms. The van der Waals surface area contributed by atoms with Crippen molar-refractivity contribution in [2.45, 2.75) is 5.41 Å². The Kier molecular flexibility index (Phi) is 6.37. The van der Waals surface area contributed by atoms with Crippen LogP contribution in [-0.2, 0) is 5.41 Å². The molecule has 13 rings (SSSR count). The van der Waals surface area contributed by atoms with Gasteiger partial charge in [0, 0.05) is 11.4 Å². The topological polar surface area (TPSA) is 15.7 Å². The van der Waals surface area contributed by atoms with Gasteiger partial charge in [-0.15, -0.1) is 0 Å². The molecule has 2 aliphatic heterocycles. The average molecular weight is 739 g/mol. The Morgan fingerprint density at radius 1 is 0.293 bits per heavy atom. The van der Waals surface area contributed by atoms with Crippen LogP contribution in [0.3, 0.4) is 0 Å². The molecule has 0 bridgehead atoms. The second-order valence-electron chi connectivity index (χ2n) is 15.6. The summed E-state index contributed by atoms with van der Waals surface area (Å²) in [5.74, 6) is 1.66. The van der Waals surface area contributed by atoms with Crippen molar-refractivity contribution in [1.29, 1.82) is 0 Å². The second kappa shape index (κ2) is 11.7. The molecule has 2 heterocycles. The maximum absolute atomic E-state index is 7.06. The quantitative estimate of drug-likeness (QED) is 0.164. The molecule has 0 saturated heterocycles. The van der Waals surface area contributed by atoms with Gasteiger partial charge in [0.15, 0.2) is 11.5 Å². The minimum Gasteiger partial charge on any atom is -0.453 e. The molecule has 0 saturated carbocycles. The molecule has 3 heteroatoms. The first kappa shape index (κ1) is 31.6. The van der Waals surface area contributed by atoms with Crippen molar-refractivity contribution in [3.63, 3.8) is 0 Å². The molecule has 270 valence electrons. The van der Waals surface area contributed by atoms with E-state index in [2.05, 4.69) is 216 Å². The summed E-state index contributed by atoms with van der Waals surface area (Å²) >= 11 is 0. The lowest BCUT2D eigenvalue weighted by molar-refractivity contribution is 0.475. The van der Waals surface area contributed by atoms with Crippen LogP contribution in [-0.4, -0.2) is 0 Å². The van der Waals surface area contributed by atoms with Crippen molar-refractivity contribution in [2.75, 3.05) is 9.80 Å². The summed E-state index contributed by atoms with van der Waals surface area (Å²) in [6, 6.07) is 75.5. The number of rotatable bonds is 2. The van der Waals surface area contributed by atoms with E-state index in [1.165, 1.54) is 71.4 Å². The highest BCUT2D eigenvalue weighted by atomic mass is 16.5. The smallest absolute Gasteiger partial charge is 0.152 e. The lowest BCUT2D eigenvalue weighted by atomic mass is 9.64. The van der Waals surface area contributed by atoms with Crippen LogP contribution in [0.1, 0.15) is 22.3 Å². The number of para-hydroxylation sites is 4. The van der Waals surface area contributed by atoms with Gasteiger partial charge in [-0.05, 0) is 120 Å². The Morgan fingerprint density at radius 2 is 0.810 bits per heavy atom. The van der Waals surface area contributed by atoms with Gasteiger partial charge >= 0.3 is 0 Å². The van der Waals surface area contributed by atoms with Crippen molar-refractivity contribution in [1.82, 2.24) is 0 Å². The van der Waals surface area contributed by atoms with E-state index in [0.717, 1.165) is 39.9 Å². The van der Waals surface area contributed by atoms with Crippen LogP contribution in [0.15, 0.2) is 206 Å². The first-order chi connectivity index (χ1) is 28.8. The van der Waals surface area contributed by atoms with Gasteiger partial charge in [0.2, 0.25) is 0 Å². The minimum atomic E-state index is -0.576. The molecule has 10 aromatic carbocycles. The molecule has 10 aromatic rings. The van der Waals surface area contributed by atoms with Crippen LogP contribution in [0, 0.1) is 0 Å². The predicted octanol–water partition coefficient (Wildman–Crippen LogP) is 14.9. The van der Waals surface area contributed by atoms with Crippen molar-refractivity contribution in [3.8, 4) is 22.6 Å². The van der Waals surface area contributed by atoms with Gasteiger partial charge in [-0.25, -0.2) is 0 Å². The first-order valence-corrected chi connectivity index (χ1v) is 20.0. The van der Waals surface area contributed by atoms with Crippen LogP contribution in [0.4, 0.5) is 34.1 Å². The van der Waals surface area contributed by atoms with Gasteiger partial charge < -0.3 is 14.5 Å². The number of benzene rings is 10. The summed E-state index contributed by atoms with van der Waals surface area (Å²) in [6.07, 6.45) is 0. The van der Waals surface area contributed by atoms with E-state index in [1.807, 2.05) is 0 Å². The monoisotopic (exact) mass is 738 g/mol. The normalized spacial score (nSPS) is 14.1. The van der Waals surface area contributed by atoms with Gasteiger partial charge in [-0.1, -0.05) is 152 Å². The summed E-state index contributed by atoms with van der Waals surface area (Å²) in [6.45, 7) is 0. The summed E-state index contributed by atoms with van der Waals surface area (Å²) in [7, 11) is 0. The van der Waals surface area contributed by atoms with Gasteiger partial charge in [-0.2, -0.15) is 0 Å². The highest BCUT2D eigenvalue weighted by molar-refractivity contribution is 6.26. The standard InChI is InChI=1S/C55H34N2O/c1-2-16-35(17-3-1)56-49-27-13-12-26-47(49)55(45-24-10-8-22-42(45)43-23-9-11-25-46(43)55)48-33-54-52(34-51(48)56)57(50-28-14-15-29-53(50)58-54)36-30-31-41-39-20-5-4-18-37(39)38-19-6-7-21-40(38)44(41)32-36/h1-34H. The third-order valence-corrected chi connectivity index (χ3v) is 12.8. The van der Waals surface area contributed by atoms with Crippen molar-refractivity contribution < 1.29 is 4.74 Å². The summed E-state index contributed by atoms with van der Waals surface area (Å²) < 4.78 is 7.06. The fourth-order valence-electron chi connectivity index (χ4n) is 10.5. The predicted molar refractivity (Wildman–Crippen MR) is 239 cm³/mol. The van der Waals surface area contributed by atoms with Crippen LogP contribution >= 0.6 is 0 Å². The van der Waals surface area contributed by atoms with Gasteiger partial charge in [0.05, 0.1) is 28.2 Å². The van der Waals surface area contributed by atoms with Crippen molar-refractivity contribution in [3.05, 3.63) is 229 Å². The van der Waals surface area contributed by atoms with E-state index >= 15 is 0 Å². The third-order valence-electron chi connectivity index (χ3n) is 12.8. The molecule has 0 N–H and O–H groups in total. The van der Waals surface area contributed by atoms with Gasteiger partial charge in [0.25, 0.3) is 0 Å². The van der Waals surface area contributed by atoms with Gasteiger partial charge in [0.1, 0.15) is 0 Å². The van der Waals surface area contributed by atoms with Crippen molar-refractivity contribution >= 4 is 66.4 Å². The van der Waals surface area contributed by atoms with E-state index in [9.17, 15) is 0 Å². The molecular weight excluding hydrogens is 705 g/mol. The van der Waals surface area contributed by atoms with Crippen LogP contribution < -0.4 is 14.5 Å². The Labute approximate surface area is 336 Å². The Bertz CT molecular complexity index is 3270. The zero-order valence-corrected chi connectivity index (χ0v) is 31.4. The van der Waals surface area contributed by atoms with Crippen molar-refractivity contribution in [2.24, 2.45) is 0 Å². The number of nitrogens with zero attached hydrogens (tertiary/aromatic N) is 2. The molecule has 3 aliphatic rings. The molecular formula is C55H34N2O. The zero-order chi connectivity index (χ0) is 38.0. The Balaban J connectivity index is 1.14. The maximum Gasteiger partial charge on any atom is 0.152 e. The van der Waals surface area contributed by atoms with Crippen LogP contribution in [0.2, 0.25) is 0 Å². The number of fused-ring (bicyclic) bond motifs is 17. The Hall–Kier alpha value is -7.62. The molecule has 1 spiro atoms. The van der Waals surface area contributed by atoms with E-state index in [4.69, 9.17) is 4.74 Å². The summed E-state index contributed by atoms with van der Waals surface area (Å²) in [5, 5.41) is 7.53. The highest BCUT2D eigenvalue weighted by Crippen LogP contribution is 2.65. The molecule has 0 radical (unpaired) electrons. The van der Waals surface area contributed by atoms with E-state index in [1.54, 1.807) is 0 Å². The van der Waals surface area contributed by atoms with E-state index < -0.39 is 5.41 Å². The molecule has 3 nitrogen and oxygen atoms in total. The number of anilines is 6. The van der Waals surface area contributed by atoms with Crippen LogP contribution in [0.25, 0.3) is 43.4 Å². The molecule has 0 amide bonds. The number of hydrogen-bond donors (Lipinski definition) is 0. The fourth-order valence-corrected chi connectivity index (χ4v) is 10.5. The summed E-state index contributed by atoms with van der Waals surface area (Å²) in [4.78, 5) is 4.86. The van der Waals surface area contributed by atoms with E-state index in [-0.39, 0.29) is 0 Å². The zero-order valence-electron chi connectivity index (χ0n) is 31.4. The average Bonchev–Trinajstić information content (AvgIpc) is 3.59. The number of ether oxygens (including phenoxy) is 1. The molecule has 1 aliphatic carbocycles. The highest BCUT2D eigenvalue weighted by Gasteiger charge is 2.52. The molecule has 0 fully saturated rings. The van der Waals surface area contributed by atoms with Gasteiger partial charge in [-0.3, -0.25) is 0 Å². The second-order valence-corrected chi connectivity index (χ2v) is 15.6. The number of hydrogen-bond acceptors (Lipinski definition) is 3. The summed E-state index contributed by atoms with van der Waals surface area (Å²) in [5.41, 5.74) is 13.5. The van der Waals surface area contributed by atoms with E-state index in [0.29, 0.717) is 0 Å². The third kappa shape index (κ3) is 4.07. The fraction of sp³-hybridized carbons (Fsp3) is 0.0182. The molecule has 0 atom stereocenters. The lowest BCUT2D eigenvalue weighted by Crippen LogP contribution is -2.36.